The molecular formula is C20H20N6O. The largest absolute Gasteiger partial charge is 0.378 e. The molecular weight excluding hydrogens is 340 g/mol. The zero-order valence-electron chi connectivity index (χ0n) is 15.5. The summed E-state index contributed by atoms with van der Waals surface area (Å²) in [5.74, 6) is 0.908. The first-order chi connectivity index (χ1) is 13.1. The van der Waals surface area contributed by atoms with E-state index in [0.717, 1.165) is 22.5 Å². The minimum Gasteiger partial charge on any atom is -0.378 e. The number of hydrogen-bond acceptors (Lipinski definition) is 6. The van der Waals surface area contributed by atoms with Crippen molar-refractivity contribution in [3.8, 4) is 23.0 Å². The summed E-state index contributed by atoms with van der Waals surface area (Å²) in [7, 11) is 4.00. The van der Waals surface area contributed by atoms with Crippen molar-refractivity contribution in [2.45, 2.75) is 13.5 Å². The first-order valence-corrected chi connectivity index (χ1v) is 8.67. The predicted octanol–water partition coefficient (Wildman–Crippen LogP) is 3.42. The summed E-state index contributed by atoms with van der Waals surface area (Å²) in [4.78, 5) is 6.54. The quantitative estimate of drug-likeness (QED) is 0.543. The van der Waals surface area contributed by atoms with E-state index in [1.54, 1.807) is 0 Å². The smallest absolute Gasteiger partial charge is 0.258 e. The lowest BCUT2D eigenvalue weighted by atomic mass is 10.2. The molecule has 0 aliphatic rings. The molecule has 7 nitrogen and oxygen atoms in total. The number of rotatable bonds is 5. The molecule has 0 aliphatic heterocycles. The molecule has 0 aliphatic carbocycles. The van der Waals surface area contributed by atoms with Crippen LogP contribution in [-0.4, -0.2) is 39.2 Å². The molecule has 4 rings (SSSR count). The Morgan fingerprint density at radius 3 is 2.44 bits per heavy atom. The van der Waals surface area contributed by atoms with E-state index in [9.17, 15) is 0 Å². The van der Waals surface area contributed by atoms with Gasteiger partial charge in [-0.25, -0.2) is 4.68 Å². The van der Waals surface area contributed by atoms with Crippen molar-refractivity contribution in [2.24, 2.45) is 0 Å². The van der Waals surface area contributed by atoms with Crippen LogP contribution in [0.4, 0.5) is 5.69 Å². The van der Waals surface area contributed by atoms with Gasteiger partial charge in [-0.05, 0) is 36.8 Å². The third-order valence-corrected chi connectivity index (χ3v) is 4.43. The van der Waals surface area contributed by atoms with Crippen molar-refractivity contribution in [3.05, 3.63) is 65.9 Å². The van der Waals surface area contributed by atoms with Gasteiger partial charge in [-0.1, -0.05) is 40.7 Å². The summed E-state index contributed by atoms with van der Waals surface area (Å²) in [5.41, 5.74) is 4.67. The van der Waals surface area contributed by atoms with E-state index in [-0.39, 0.29) is 0 Å². The molecule has 0 unspecified atom stereocenters. The molecule has 0 atom stereocenters. The molecule has 2 aromatic heterocycles. The molecule has 27 heavy (non-hydrogen) atoms. The Bertz CT molecular complexity index is 1030. The van der Waals surface area contributed by atoms with E-state index < -0.39 is 0 Å². The second-order valence-electron chi connectivity index (χ2n) is 6.53. The van der Waals surface area contributed by atoms with Gasteiger partial charge in [-0.3, -0.25) is 0 Å². The SMILES string of the molecule is Cc1c(-c2noc(-c3ccc(N(C)C)cc3)n2)nnn1Cc1ccccc1. The number of benzene rings is 2. The lowest BCUT2D eigenvalue weighted by Gasteiger charge is -2.11. The van der Waals surface area contributed by atoms with Gasteiger partial charge in [0, 0.05) is 25.3 Å². The summed E-state index contributed by atoms with van der Waals surface area (Å²) in [5, 5.41) is 12.6. The molecule has 0 amide bonds. The fourth-order valence-electron chi connectivity index (χ4n) is 2.81. The Balaban J connectivity index is 1.58. The van der Waals surface area contributed by atoms with Gasteiger partial charge in [0.2, 0.25) is 5.82 Å². The number of aromatic nitrogens is 5. The van der Waals surface area contributed by atoms with Crippen molar-refractivity contribution in [2.75, 3.05) is 19.0 Å². The van der Waals surface area contributed by atoms with Crippen LogP contribution in [0.25, 0.3) is 23.0 Å². The summed E-state index contributed by atoms with van der Waals surface area (Å²) < 4.78 is 7.28. The molecule has 7 heteroatoms. The van der Waals surface area contributed by atoms with E-state index in [2.05, 4.69) is 32.6 Å². The third-order valence-electron chi connectivity index (χ3n) is 4.43. The molecule has 4 aromatic rings. The Labute approximate surface area is 157 Å². The number of anilines is 1. The van der Waals surface area contributed by atoms with Crippen molar-refractivity contribution >= 4 is 5.69 Å². The van der Waals surface area contributed by atoms with Crippen molar-refractivity contribution in [3.63, 3.8) is 0 Å². The number of hydrogen-bond donors (Lipinski definition) is 0. The van der Waals surface area contributed by atoms with E-state index in [0.29, 0.717) is 24.0 Å². The molecule has 2 heterocycles. The average molecular weight is 360 g/mol. The minimum absolute atomic E-state index is 0.443. The number of nitrogens with zero attached hydrogens (tertiary/aromatic N) is 6. The van der Waals surface area contributed by atoms with Gasteiger partial charge in [0.25, 0.3) is 5.89 Å². The van der Waals surface area contributed by atoms with Gasteiger partial charge in [-0.2, -0.15) is 4.98 Å². The van der Waals surface area contributed by atoms with Gasteiger partial charge in [-0.15, -0.1) is 5.10 Å². The maximum atomic E-state index is 5.44. The lowest BCUT2D eigenvalue weighted by molar-refractivity contribution is 0.432. The minimum atomic E-state index is 0.443. The van der Waals surface area contributed by atoms with Gasteiger partial charge in [0.15, 0.2) is 5.69 Å². The van der Waals surface area contributed by atoms with Crippen LogP contribution in [0.15, 0.2) is 59.1 Å². The second-order valence-corrected chi connectivity index (χ2v) is 6.53. The van der Waals surface area contributed by atoms with Crippen LogP contribution in [0.1, 0.15) is 11.3 Å². The molecule has 2 aromatic carbocycles. The summed E-state index contributed by atoms with van der Waals surface area (Å²) in [6.45, 7) is 2.61. The van der Waals surface area contributed by atoms with E-state index >= 15 is 0 Å². The van der Waals surface area contributed by atoms with Crippen LogP contribution in [0.3, 0.4) is 0 Å². The summed E-state index contributed by atoms with van der Waals surface area (Å²) in [6, 6.07) is 18.1. The van der Waals surface area contributed by atoms with Gasteiger partial charge >= 0.3 is 0 Å². The average Bonchev–Trinajstić information content (AvgIpc) is 3.30. The van der Waals surface area contributed by atoms with E-state index in [1.165, 1.54) is 0 Å². The highest BCUT2D eigenvalue weighted by atomic mass is 16.5. The van der Waals surface area contributed by atoms with E-state index in [1.807, 2.05) is 73.1 Å². The summed E-state index contributed by atoms with van der Waals surface area (Å²) >= 11 is 0. The topological polar surface area (TPSA) is 72.9 Å². The second kappa shape index (κ2) is 7.03. The fraction of sp³-hybridized carbons (Fsp3) is 0.200. The maximum Gasteiger partial charge on any atom is 0.258 e. The molecule has 0 bridgehead atoms. The van der Waals surface area contributed by atoms with Crippen molar-refractivity contribution < 1.29 is 4.52 Å². The lowest BCUT2D eigenvalue weighted by Crippen LogP contribution is -2.07. The standard InChI is InChI=1S/C20H20N6O/c1-14-18(22-24-26(14)13-15-7-5-4-6-8-15)19-21-20(27-23-19)16-9-11-17(12-10-16)25(2)3/h4-12H,13H2,1-3H3. The monoisotopic (exact) mass is 360 g/mol. The normalized spacial score (nSPS) is 10.9. The Hall–Kier alpha value is -3.48. The highest BCUT2D eigenvalue weighted by molar-refractivity contribution is 5.61. The molecule has 0 radical (unpaired) electrons. The molecule has 0 saturated heterocycles. The van der Waals surface area contributed by atoms with Gasteiger partial charge in [0.1, 0.15) is 0 Å². The first kappa shape index (κ1) is 17.0. The van der Waals surface area contributed by atoms with E-state index in [4.69, 9.17) is 4.52 Å². The van der Waals surface area contributed by atoms with Crippen LogP contribution >= 0.6 is 0 Å². The molecule has 136 valence electrons. The van der Waals surface area contributed by atoms with Crippen LogP contribution in [0.2, 0.25) is 0 Å². The zero-order valence-corrected chi connectivity index (χ0v) is 15.5. The molecule has 0 fully saturated rings. The molecule has 0 saturated carbocycles. The Kier molecular flexibility index (Phi) is 4.42. The van der Waals surface area contributed by atoms with Crippen LogP contribution in [0.5, 0.6) is 0 Å². The Morgan fingerprint density at radius 1 is 1.00 bits per heavy atom. The highest BCUT2D eigenvalue weighted by Gasteiger charge is 2.18. The molecule has 0 N–H and O–H groups in total. The first-order valence-electron chi connectivity index (χ1n) is 8.67. The van der Waals surface area contributed by atoms with Crippen LogP contribution in [0, 0.1) is 6.92 Å². The fourth-order valence-corrected chi connectivity index (χ4v) is 2.81. The Morgan fingerprint density at radius 2 is 1.74 bits per heavy atom. The predicted molar refractivity (Wildman–Crippen MR) is 103 cm³/mol. The van der Waals surface area contributed by atoms with Crippen LogP contribution < -0.4 is 4.90 Å². The molecule has 0 spiro atoms. The highest BCUT2D eigenvalue weighted by Crippen LogP contribution is 2.24. The maximum absolute atomic E-state index is 5.44. The van der Waals surface area contributed by atoms with Crippen LogP contribution in [-0.2, 0) is 6.54 Å². The van der Waals surface area contributed by atoms with Crippen molar-refractivity contribution in [1.29, 1.82) is 0 Å². The summed E-state index contributed by atoms with van der Waals surface area (Å²) in [6.07, 6.45) is 0. The third kappa shape index (κ3) is 3.44. The van der Waals surface area contributed by atoms with Gasteiger partial charge in [0.05, 0.1) is 12.2 Å². The zero-order chi connectivity index (χ0) is 18.8. The van der Waals surface area contributed by atoms with Gasteiger partial charge < -0.3 is 9.42 Å². The van der Waals surface area contributed by atoms with Crippen molar-refractivity contribution in [1.82, 2.24) is 25.1 Å².